The van der Waals surface area contributed by atoms with Crippen LogP contribution < -0.4 is 30.4 Å². The number of fused-ring (bicyclic) bond motifs is 2. The third-order valence-corrected chi connectivity index (χ3v) is 13.2. The third kappa shape index (κ3) is 8.59. The number of sulfonamides is 1. The maximum atomic E-state index is 13.3. The van der Waals surface area contributed by atoms with E-state index in [2.05, 4.69) is 25.2 Å². The summed E-state index contributed by atoms with van der Waals surface area (Å²) in [6.07, 6.45) is 11.2. The van der Waals surface area contributed by atoms with Crippen molar-refractivity contribution < 1.29 is 32.3 Å². The molecule has 2 saturated heterocycles. The fourth-order valence-electron chi connectivity index (χ4n) is 8.18. The fourth-order valence-corrected chi connectivity index (χ4v) is 9.66. The zero-order chi connectivity index (χ0) is 41.0. The van der Waals surface area contributed by atoms with Crippen LogP contribution in [0.15, 0.2) is 59.8 Å². The zero-order valence-electron chi connectivity index (χ0n) is 33.2. The number of benzene rings is 2. The second-order valence-electron chi connectivity index (χ2n) is 15.3. The van der Waals surface area contributed by atoms with Crippen molar-refractivity contribution in [2.24, 2.45) is 7.05 Å². The molecule has 1 unspecified atom stereocenters. The number of pyridine rings is 2. The molecule has 2 aromatic heterocycles. The number of nitrogens with zero attached hydrogens (tertiary/aromatic N) is 4. The van der Waals surface area contributed by atoms with Crippen LogP contribution in [0.3, 0.4) is 0 Å². The van der Waals surface area contributed by atoms with Gasteiger partial charge in [-0.25, -0.2) is 13.1 Å². The average Bonchev–Trinajstić information content (AvgIpc) is 3.53. The Morgan fingerprint density at radius 2 is 1.62 bits per heavy atom. The van der Waals surface area contributed by atoms with E-state index in [-0.39, 0.29) is 23.8 Å². The van der Waals surface area contributed by atoms with Gasteiger partial charge in [0.2, 0.25) is 21.8 Å². The summed E-state index contributed by atoms with van der Waals surface area (Å²) in [5, 5.41) is 6.55. The number of imide groups is 1. The number of anilines is 1. The summed E-state index contributed by atoms with van der Waals surface area (Å²) in [6, 6.07) is 10.7. The quantitative estimate of drug-likeness (QED) is 0.0979. The number of carbonyl (C=O) groups is 3. The van der Waals surface area contributed by atoms with Crippen LogP contribution in [0.2, 0.25) is 0 Å². The highest BCUT2D eigenvalue weighted by molar-refractivity contribution is 7.90. The van der Waals surface area contributed by atoms with Gasteiger partial charge in [-0.05, 0) is 60.0 Å². The maximum Gasteiger partial charge on any atom is 0.259 e. The number of likely N-dealkylation sites (tertiary alicyclic amines) is 1. The molecule has 3 amide bonds. The minimum absolute atomic E-state index is 0.131. The Hall–Kier alpha value is -5.32. The van der Waals surface area contributed by atoms with E-state index in [9.17, 15) is 27.6 Å². The predicted molar refractivity (Wildman–Crippen MR) is 220 cm³/mol. The predicted octanol–water partition coefficient (Wildman–Crippen LogP) is 3.94. The molecule has 4 aromatic rings. The highest BCUT2D eigenvalue weighted by atomic mass is 32.2. The molecule has 3 N–H and O–H groups in total. The van der Waals surface area contributed by atoms with Crippen molar-refractivity contribution in [2.75, 3.05) is 45.7 Å². The summed E-state index contributed by atoms with van der Waals surface area (Å²) in [5.74, 6) is 0.322. The second kappa shape index (κ2) is 17.7. The number of hydrogen-bond acceptors (Lipinski definition) is 11. The van der Waals surface area contributed by atoms with E-state index in [1.807, 2.05) is 36.4 Å². The number of piperidine rings is 1. The van der Waals surface area contributed by atoms with Gasteiger partial charge in [0.1, 0.15) is 22.8 Å². The lowest BCUT2D eigenvalue weighted by Gasteiger charge is -2.39. The Kier molecular flexibility index (Phi) is 12.4. The third-order valence-electron chi connectivity index (χ3n) is 11.4. The Morgan fingerprint density at radius 1 is 0.914 bits per heavy atom. The lowest BCUT2D eigenvalue weighted by atomic mass is 9.98. The molecule has 3 aliphatic rings. The number of amides is 3. The number of methoxy groups -OCH3 is 2. The molecule has 0 spiro atoms. The highest BCUT2D eigenvalue weighted by Crippen LogP contribution is 2.39. The van der Waals surface area contributed by atoms with Gasteiger partial charge in [-0.1, -0.05) is 37.8 Å². The largest absolute Gasteiger partial charge is 0.496 e. The number of nitrogens with one attached hydrogen (secondary N) is 3. The Morgan fingerprint density at radius 3 is 2.33 bits per heavy atom. The first-order chi connectivity index (χ1) is 28.0. The van der Waals surface area contributed by atoms with Gasteiger partial charge in [0.05, 0.1) is 30.7 Å². The number of carbonyl (C=O) groups excluding carboxylic acids is 3. The van der Waals surface area contributed by atoms with Crippen LogP contribution in [0.4, 0.5) is 5.69 Å². The minimum Gasteiger partial charge on any atom is -0.496 e. The van der Waals surface area contributed by atoms with E-state index in [1.54, 1.807) is 44.8 Å². The Bertz CT molecular complexity index is 2350. The maximum absolute atomic E-state index is 13.3. The number of rotatable bonds is 18. The summed E-state index contributed by atoms with van der Waals surface area (Å²) in [7, 11) is 1.44. The molecule has 1 atom stereocenters. The molecule has 2 aromatic carbocycles. The molecule has 7 rings (SSSR count). The van der Waals surface area contributed by atoms with Crippen LogP contribution in [0.5, 0.6) is 11.5 Å². The Balaban J connectivity index is 0.811. The molecule has 0 radical (unpaired) electrons. The van der Waals surface area contributed by atoms with E-state index < -0.39 is 27.2 Å². The summed E-state index contributed by atoms with van der Waals surface area (Å²) in [5.41, 5.74) is 4.59. The summed E-state index contributed by atoms with van der Waals surface area (Å²) in [4.78, 5) is 57.8. The van der Waals surface area contributed by atoms with Crippen LogP contribution in [-0.4, -0.2) is 97.2 Å². The van der Waals surface area contributed by atoms with Gasteiger partial charge in [0, 0.05) is 82.6 Å². The molecule has 3 aliphatic heterocycles. The van der Waals surface area contributed by atoms with Crippen LogP contribution in [0, 0.1) is 0 Å². The Labute approximate surface area is 338 Å². The van der Waals surface area contributed by atoms with Crippen LogP contribution in [-0.2, 0) is 39.7 Å². The van der Waals surface area contributed by atoms with E-state index in [0.29, 0.717) is 68.1 Å². The molecule has 16 heteroatoms. The number of unbranched alkanes of at least 4 members (excludes halogenated alkanes) is 5. The molecule has 5 heterocycles. The molecule has 0 bridgehead atoms. The normalized spacial score (nSPS) is 17.3. The van der Waals surface area contributed by atoms with Gasteiger partial charge in [-0.3, -0.25) is 34.4 Å². The van der Waals surface area contributed by atoms with Crippen molar-refractivity contribution in [3.63, 3.8) is 0 Å². The molecule has 0 aliphatic carbocycles. The summed E-state index contributed by atoms with van der Waals surface area (Å²) in [6.45, 7) is 2.72. The molecule has 58 heavy (non-hydrogen) atoms. The molecule has 15 nitrogen and oxygen atoms in total. The SMILES string of the molecule is COc1cc(-c2cn(C)c(=O)c3cnccc23)cc(OC)c1CN1CC(S(=O)(=O)NCCCCCCCCNc2cccc3c2C(=O)N(C2CCC(=O)NC2=O)C3)C1. The van der Waals surface area contributed by atoms with Gasteiger partial charge in [-0.15, -0.1) is 0 Å². The van der Waals surface area contributed by atoms with Gasteiger partial charge < -0.3 is 24.3 Å². The van der Waals surface area contributed by atoms with Gasteiger partial charge in [-0.2, -0.15) is 0 Å². The highest BCUT2D eigenvalue weighted by Gasteiger charge is 2.40. The smallest absolute Gasteiger partial charge is 0.259 e. The zero-order valence-corrected chi connectivity index (χ0v) is 34.0. The lowest BCUT2D eigenvalue weighted by molar-refractivity contribution is -0.136. The molecular formula is C42H51N7O8S. The number of aromatic nitrogens is 2. The molecule has 308 valence electrons. The standard InChI is InChI=1S/C42H51N7O8S/c1-47-25-32(30-15-18-43-21-31(30)41(47)52)28-19-36(56-2)33(37(20-28)57-3)26-48-23-29(24-48)58(54,55)45-17-9-7-5-4-6-8-16-44-34-12-10-11-27-22-49(42(53)39(27)34)35-13-14-38(50)46-40(35)51/h10-12,15,18-21,25,29,35,44-45H,4-9,13-14,16-17,22-24,26H2,1-3H3,(H,46,50,51). The lowest BCUT2D eigenvalue weighted by Crippen LogP contribution is -2.57. The summed E-state index contributed by atoms with van der Waals surface area (Å²) >= 11 is 0. The van der Waals surface area contributed by atoms with Gasteiger partial charge in [0.25, 0.3) is 11.5 Å². The van der Waals surface area contributed by atoms with Crippen molar-refractivity contribution in [3.8, 4) is 22.6 Å². The first-order valence-electron chi connectivity index (χ1n) is 19.9. The van der Waals surface area contributed by atoms with Gasteiger partial charge >= 0.3 is 0 Å². The number of aryl methyl sites for hydroxylation is 1. The van der Waals surface area contributed by atoms with Crippen molar-refractivity contribution in [3.05, 3.63) is 82.0 Å². The fraction of sp³-hybridized carbons (Fsp3) is 0.452. The van der Waals surface area contributed by atoms with Crippen LogP contribution in [0.25, 0.3) is 21.9 Å². The second-order valence-corrected chi connectivity index (χ2v) is 17.3. The first kappa shape index (κ1) is 40.9. The average molecular weight is 814 g/mol. The van der Waals surface area contributed by atoms with Crippen molar-refractivity contribution in [2.45, 2.75) is 75.7 Å². The molecular weight excluding hydrogens is 763 g/mol. The van der Waals surface area contributed by atoms with Crippen molar-refractivity contribution in [1.29, 1.82) is 0 Å². The van der Waals surface area contributed by atoms with E-state index >= 15 is 0 Å². The van der Waals surface area contributed by atoms with E-state index in [4.69, 9.17) is 9.47 Å². The van der Waals surface area contributed by atoms with E-state index in [1.165, 1.54) is 4.57 Å². The first-order valence-corrected chi connectivity index (χ1v) is 21.4. The minimum atomic E-state index is -3.46. The van der Waals surface area contributed by atoms with Crippen LogP contribution >= 0.6 is 0 Å². The van der Waals surface area contributed by atoms with E-state index in [0.717, 1.165) is 71.9 Å². The van der Waals surface area contributed by atoms with Crippen molar-refractivity contribution >= 4 is 44.2 Å². The summed E-state index contributed by atoms with van der Waals surface area (Å²) < 4.78 is 42.1. The van der Waals surface area contributed by atoms with Crippen LogP contribution in [0.1, 0.15) is 72.9 Å². The topological polar surface area (TPSA) is 181 Å². The van der Waals surface area contributed by atoms with Gasteiger partial charge in [0.15, 0.2) is 0 Å². The van der Waals surface area contributed by atoms with Crippen molar-refractivity contribution in [1.82, 2.24) is 29.4 Å². The monoisotopic (exact) mass is 813 g/mol. The molecule has 2 fully saturated rings. The molecule has 0 saturated carbocycles. The number of ether oxygens (including phenoxy) is 2. The number of hydrogen-bond donors (Lipinski definition) is 3.